The van der Waals surface area contributed by atoms with Gasteiger partial charge >= 0.3 is 0 Å². The fraction of sp³-hybridized carbons (Fsp3) is 0.600. The van der Waals surface area contributed by atoms with E-state index in [1.165, 1.54) is 19.3 Å². The smallest absolute Gasteiger partial charge is 0.120 e. The Kier molecular flexibility index (Phi) is 4.61. The normalized spacial score (nSPS) is 22.9. The molecule has 100 valence electrons. The van der Waals surface area contributed by atoms with Gasteiger partial charge in [0.05, 0.1) is 0 Å². The fourth-order valence-electron chi connectivity index (χ4n) is 3.05. The van der Waals surface area contributed by atoms with Crippen molar-refractivity contribution in [3.63, 3.8) is 0 Å². The van der Waals surface area contributed by atoms with Crippen LogP contribution in [0.5, 0.6) is 5.75 Å². The Bertz CT molecular complexity index is 379. The quantitative estimate of drug-likeness (QED) is 0.861. The lowest BCUT2D eigenvalue weighted by atomic mass is 9.95. The number of rotatable bonds is 4. The summed E-state index contributed by atoms with van der Waals surface area (Å²) in [6.07, 6.45) is 4.83. The molecule has 0 saturated carbocycles. The molecule has 3 N–H and O–H groups in total. The molecule has 0 aliphatic carbocycles. The van der Waals surface area contributed by atoms with Gasteiger partial charge in [-0.05, 0) is 45.3 Å². The van der Waals surface area contributed by atoms with Crippen LogP contribution in [-0.4, -0.2) is 29.1 Å². The first-order valence-electron chi connectivity index (χ1n) is 6.97. The van der Waals surface area contributed by atoms with Gasteiger partial charge in [-0.3, -0.25) is 4.90 Å². The number of phenolic OH excluding ortho intramolecular Hbond substituents is 1. The van der Waals surface area contributed by atoms with Gasteiger partial charge in [0.15, 0.2) is 0 Å². The van der Waals surface area contributed by atoms with Gasteiger partial charge in [-0.1, -0.05) is 24.6 Å². The number of likely N-dealkylation sites (tertiary alicyclic amines) is 1. The molecule has 1 fully saturated rings. The van der Waals surface area contributed by atoms with E-state index in [2.05, 4.69) is 11.8 Å². The maximum absolute atomic E-state index is 9.98. The van der Waals surface area contributed by atoms with E-state index in [0.29, 0.717) is 11.8 Å². The summed E-state index contributed by atoms with van der Waals surface area (Å²) in [6, 6.07) is 8.50. The molecule has 1 heterocycles. The third-order valence-corrected chi connectivity index (χ3v) is 4.06. The summed E-state index contributed by atoms with van der Waals surface area (Å²) in [6.45, 7) is 4.04. The Hall–Kier alpha value is -1.06. The molecular weight excluding hydrogens is 224 g/mol. The van der Waals surface area contributed by atoms with Crippen LogP contribution in [0, 0.1) is 0 Å². The Morgan fingerprint density at radius 2 is 2.17 bits per heavy atom. The Morgan fingerprint density at radius 3 is 2.89 bits per heavy atom. The van der Waals surface area contributed by atoms with Crippen molar-refractivity contribution in [2.45, 2.75) is 44.7 Å². The van der Waals surface area contributed by atoms with Crippen molar-refractivity contribution in [3.05, 3.63) is 29.8 Å². The zero-order chi connectivity index (χ0) is 13.0. The largest absolute Gasteiger partial charge is 0.508 e. The van der Waals surface area contributed by atoms with Crippen LogP contribution in [0.3, 0.4) is 0 Å². The topological polar surface area (TPSA) is 49.5 Å². The molecule has 2 rings (SSSR count). The van der Waals surface area contributed by atoms with Crippen LogP contribution in [-0.2, 0) is 0 Å². The average molecular weight is 248 g/mol. The van der Waals surface area contributed by atoms with Crippen molar-refractivity contribution in [3.8, 4) is 5.75 Å². The molecular formula is C15H24N2O. The molecule has 18 heavy (non-hydrogen) atoms. The lowest BCUT2D eigenvalue weighted by Gasteiger charge is -2.40. The van der Waals surface area contributed by atoms with E-state index >= 15 is 0 Å². The highest BCUT2D eigenvalue weighted by molar-refractivity contribution is 5.34. The monoisotopic (exact) mass is 248 g/mol. The number of para-hydroxylation sites is 1. The number of piperidine rings is 1. The van der Waals surface area contributed by atoms with Crippen LogP contribution in [0.4, 0.5) is 0 Å². The van der Waals surface area contributed by atoms with Crippen molar-refractivity contribution < 1.29 is 5.11 Å². The molecule has 0 aromatic heterocycles. The maximum atomic E-state index is 9.98. The highest BCUT2D eigenvalue weighted by atomic mass is 16.3. The van der Waals surface area contributed by atoms with Gasteiger partial charge in [0, 0.05) is 17.6 Å². The van der Waals surface area contributed by atoms with Crippen molar-refractivity contribution in [2.75, 3.05) is 13.1 Å². The maximum Gasteiger partial charge on any atom is 0.120 e. The van der Waals surface area contributed by atoms with Gasteiger partial charge in [-0.15, -0.1) is 0 Å². The highest BCUT2D eigenvalue weighted by Gasteiger charge is 2.27. The minimum absolute atomic E-state index is 0.267. The number of nitrogens with zero attached hydrogens (tertiary/aromatic N) is 1. The van der Waals surface area contributed by atoms with Crippen LogP contribution in [0.25, 0.3) is 0 Å². The Morgan fingerprint density at radius 1 is 1.39 bits per heavy atom. The van der Waals surface area contributed by atoms with E-state index < -0.39 is 0 Å². The van der Waals surface area contributed by atoms with Gasteiger partial charge in [0.25, 0.3) is 0 Å². The summed E-state index contributed by atoms with van der Waals surface area (Å²) in [5.41, 5.74) is 6.74. The summed E-state index contributed by atoms with van der Waals surface area (Å²) < 4.78 is 0. The molecule has 0 bridgehead atoms. The second-order valence-electron chi connectivity index (χ2n) is 5.20. The number of hydrogen-bond donors (Lipinski definition) is 2. The second kappa shape index (κ2) is 6.21. The molecule has 0 radical (unpaired) electrons. The van der Waals surface area contributed by atoms with Crippen molar-refractivity contribution in [1.29, 1.82) is 0 Å². The lowest BCUT2D eigenvalue weighted by Crippen LogP contribution is -2.42. The number of phenols is 1. The van der Waals surface area contributed by atoms with Crippen LogP contribution in [0.2, 0.25) is 0 Å². The van der Waals surface area contributed by atoms with Gasteiger partial charge in [-0.2, -0.15) is 0 Å². The minimum Gasteiger partial charge on any atom is -0.508 e. The first-order valence-corrected chi connectivity index (χ1v) is 6.97. The van der Waals surface area contributed by atoms with Gasteiger partial charge in [0.2, 0.25) is 0 Å². The summed E-state index contributed by atoms with van der Waals surface area (Å²) in [4.78, 5) is 2.51. The molecule has 1 aromatic rings. The average Bonchev–Trinajstić information content (AvgIpc) is 2.40. The van der Waals surface area contributed by atoms with E-state index in [4.69, 9.17) is 5.73 Å². The highest BCUT2D eigenvalue weighted by Crippen LogP contribution is 2.33. The molecule has 1 aromatic carbocycles. The molecule has 1 aliphatic heterocycles. The van der Waals surface area contributed by atoms with Gasteiger partial charge < -0.3 is 10.8 Å². The molecule has 3 heteroatoms. The first kappa shape index (κ1) is 13.4. The number of benzene rings is 1. The summed E-state index contributed by atoms with van der Waals surface area (Å²) in [5, 5.41) is 9.98. The number of hydrogen-bond acceptors (Lipinski definition) is 3. The van der Waals surface area contributed by atoms with E-state index in [1.807, 2.05) is 18.2 Å². The SMILES string of the molecule is CC(c1ccccc1O)N1CCCCC1CCN. The van der Waals surface area contributed by atoms with E-state index in [-0.39, 0.29) is 6.04 Å². The van der Waals surface area contributed by atoms with Gasteiger partial charge in [-0.25, -0.2) is 0 Å². The summed E-state index contributed by atoms with van der Waals surface area (Å²) in [7, 11) is 0. The Balaban J connectivity index is 2.15. The van der Waals surface area contributed by atoms with Crippen LogP contribution < -0.4 is 5.73 Å². The second-order valence-corrected chi connectivity index (χ2v) is 5.20. The summed E-state index contributed by atoms with van der Waals surface area (Å²) >= 11 is 0. The predicted molar refractivity (Wildman–Crippen MR) is 74.5 cm³/mol. The van der Waals surface area contributed by atoms with Crippen LogP contribution in [0.1, 0.15) is 44.2 Å². The molecule has 2 unspecified atom stereocenters. The lowest BCUT2D eigenvalue weighted by molar-refractivity contribution is 0.0971. The molecule has 2 atom stereocenters. The molecule has 1 aliphatic rings. The zero-order valence-electron chi connectivity index (χ0n) is 11.2. The van der Waals surface area contributed by atoms with E-state index in [9.17, 15) is 5.11 Å². The van der Waals surface area contributed by atoms with Crippen LogP contribution in [0.15, 0.2) is 24.3 Å². The van der Waals surface area contributed by atoms with E-state index in [0.717, 1.165) is 25.1 Å². The number of aromatic hydroxyl groups is 1. The zero-order valence-corrected chi connectivity index (χ0v) is 11.2. The molecule has 3 nitrogen and oxygen atoms in total. The van der Waals surface area contributed by atoms with E-state index in [1.54, 1.807) is 6.07 Å². The summed E-state index contributed by atoms with van der Waals surface area (Å²) in [5.74, 6) is 0.405. The molecule has 0 amide bonds. The van der Waals surface area contributed by atoms with Crippen molar-refractivity contribution in [1.82, 2.24) is 4.90 Å². The minimum atomic E-state index is 0.267. The third kappa shape index (κ3) is 2.85. The third-order valence-electron chi connectivity index (χ3n) is 4.06. The first-order chi connectivity index (χ1) is 8.74. The van der Waals surface area contributed by atoms with Gasteiger partial charge in [0.1, 0.15) is 5.75 Å². The van der Waals surface area contributed by atoms with Crippen molar-refractivity contribution in [2.24, 2.45) is 5.73 Å². The molecule has 1 saturated heterocycles. The standard InChI is InChI=1S/C15H24N2O/c1-12(14-7-2-3-8-15(14)18)17-11-5-4-6-13(17)9-10-16/h2-3,7-8,12-13,18H,4-6,9-11,16H2,1H3. The predicted octanol–water partition coefficient (Wildman–Crippen LogP) is 2.66. The Labute approximate surface area is 110 Å². The fourth-order valence-corrected chi connectivity index (χ4v) is 3.05. The number of nitrogens with two attached hydrogens (primary N) is 1. The van der Waals surface area contributed by atoms with Crippen LogP contribution >= 0.6 is 0 Å². The molecule has 0 spiro atoms. The van der Waals surface area contributed by atoms with Crippen molar-refractivity contribution >= 4 is 0 Å².